The Morgan fingerprint density at radius 1 is 1.53 bits per heavy atom. The first kappa shape index (κ1) is 10.7. The van der Waals surface area contributed by atoms with E-state index in [1.807, 2.05) is 12.5 Å². The van der Waals surface area contributed by atoms with Gasteiger partial charge in [-0.25, -0.2) is 4.98 Å². The molecule has 15 heavy (non-hydrogen) atoms. The van der Waals surface area contributed by atoms with Crippen LogP contribution in [0.1, 0.15) is 32.9 Å². The van der Waals surface area contributed by atoms with Crippen LogP contribution in [0, 0.1) is 5.92 Å². The van der Waals surface area contributed by atoms with Gasteiger partial charge in [-0.3, -0.25) is 0 Å². The van der Waals surface area contributed by atoms with Gasteiger partial charge in [0.15, 0.2) is 0 Å². The zero-order valence-corrected chi connectivity index (χ0v) is 9.95. The number of hydrogen-bond donors (Lipinski definition) is 1. The molecule has 2 heterocycles. The van der Waals surface area contributed by atoms with Crippen molar-refractivity contribution in [2.45, 2.75) is 39.2 Å². The lowest BCUT2D eigenvalue weighted by Gasteiger charge is -2.22. The van der Waals surface area contributed by atoms with Crippen molar-refractivity contribution in [3.8, 4) is 0 Å². The number of rotatable bonds is 2. The summed E-state index contributed by atoms with van der Waals surface area (Å²) in [7, 11) is 0. The Bertz CT molecular complexity index is 316. The van der Waals surface area contributed by atoms with Crippen molar-refractivity contribution in [2.75, 3.05) is 13.1 Å². The fourth-order valence-corrected chi connectivity index (χ4v) is 2.24. The van der Waals surface area contributed by atoms with E-state index in [9.17, 15) is 0 Å². The number of hydrogen-bond acceptors (Lipinski definition) is 2. The van der Waals surface area contributed by atoms with Crippen molar-refractivity contribution in [3.63, 3.8) is 0 Å². The molecule has 1 aliphatic rings. The molecule has 1 aromatic rings. The van der Waals surface area contributed by atoms with Gasteiger partial charge in [0.2, 0.25) is 0 Å². The maximum Gasteiger partial charge on any atom is 0.0948 e. The summed E-state index contributed by atoms with van der Waals surface area (Å²) in [5.41, 5.74) is 1.54. The molecule has 1 aliphatic heterocycles. The first-order valence-electron chi connectivity index (χ1n) is 5.78. The van der Waals surface area contributed by atoms with E-state index in [4.69, 9.17) is 0 Å². The molecule has 1 fully saturated rings. The molecule has 0 saturated carbocycles. The molecule has 1 N–H and O–H groups in total. The Kier molecular flexibility index (Phi) is 2.83. The monoisotopic (exact) mass is 207 g/mol. The van der Waals surface area contributed by atoms with E-state index < -0.39 is 0 Å². The van der Waals surface area contributed by atoms with Crippen LogP contribution >= 0.6 is 0 Å². The molecular weight excluding hydrogens is 186 g/mol. The zero-order valence-electron chi connectivity index (χ0n) is 9.95. The summed E-state index contributed by atoms with van der Waals surface area (Å²) in [5.74, 6) is 0.778. The van der Waals surface area contributed by atoms with Gasteiger partial charge in [0.05, 0.1) is 6.33 Å². The van der Waals surface area contributed by atoms with Gasteiger partial charge in [0.25, 0.3) is 0 Å². The van der Waals surface area contributed by atoms with E-state index >= 15 is 0 Å². The molecule has 0 spiro atoms. The zero-order chi connectivity index (χ0) is 10.9. The van der Waals surface area contributed by atoms with E-state index in [-0.39, 0.29) is 5.41 Å². The van der Waals surface area contributed by atoms with Gasteiger partial charge < -0.3 is 9.88 Å². The number of imidazole rings is 1. The van der Waals surface area contributed by atoms with Crippen molar-refractivity contribution >= 4 is 0 Å². The van der Waals surface area contributed by atoms with E-state index in [0.29, 0.717) is 0 Å². The average Bonchev–Trinajstić information content (AvgIpc) is 2.73. The predicted octanol–water partition coefficient (Wildman–Crippen LogP) is 1.79. The average molecular weight is 207 g/mol. The molecule has 0 amide bonds. The Morgan fingerprint density at radius 3 is 2.93 bits per heavy atom. The molecule has 0 radical (unpaired) electrons. The lowest BCUT2D eigenvalue weighted by atomic mass is 9.92. The number of aromatic nitrogens is 2. The molecule has 0 bridgehead atoms. The Hall–Kier alpha value is -0.830. The van der Waals surface area contributed by atoms with E-state index in [0.717, 1.165) is 19.0 Å². The normalized spacial score (nSPS) is 22.2. The van der Waals surface area contributed by atoms with Crippen molar-refractivity contribution in [3.05, 3.63) is 18.2 Å². The van der Waals surface area contributed by atoms with Crippen LogP contribution < -0.4 is 5.32 Å². The first-order valence-corrected chi connectivity index (χ1v) is 5.78. The predicted molar refractivity (Wildman–Crippen MR) is 61.9 cm³/mol. The summed E-state index contributed by atoms with van der Waals surface area (Å²) >= 11 is 0. The minimum Gasteiger partial charge on any atom is -0.334 e. The summed E-state index contributed by atoms with van der Waals surface area (Å²) in [6.07, 6.45) is 5.27. The Balaban J connectivity index is 2.11. The maximum atomic E-state index is 4.27. The highest BCUT2D eigenvalue weighted by molar-refractivity contribution is 5.10. The first-order chi connectivity index (χ1) is 7.07. The lowest BCUT2D eigenvalue weighted by molar-refractivity contribution is 0.439. The van der Waals surface area contributed by atoms with Crippen LogP contribution in [0.3, 0.4) is 0 Å². The summed E-state index contributed by atoms with van der Waals surface area (Å²) in [5, 5.41) is 3.41. The second-order valence-corrected chi connectivity index (χ2v) is 5.54. The third-order valence-corrected chi connectivity index (χ3v) is 3.10. The molecular formula is C12H21N3. The fourth-order valence-electron chi connectivity index (χ4n) is 2.24. The molecule has 1 saturated heterocycles. The second-order valence-electron chi connectivity index (χ2n) is 5.54. The molecule has 0 aliphatic carbocycles. The molecule has 3 heteroatoms. The third-order valence-electron chi connectivity index (χ3n) is 3.10. The van der Waals surface area contributed by atoms with Gasteiger partial charge in [0.1, 0.15) is 0 Å². The van der Waals surface area contributed by atoms with Crippen LogP contribution in [0.4, 0.5) is 0 Å². The summed E-state index contributed by atoms with van der Waals surface area (Å²) in [4.78, 5) is 4.27. The largest absolute Gasteiger partial charge is 0.334 e. The van der Waals surface area contributed by atoms with Gasteiger partial charge in [0, 0.05) is 23.9 Å². The quantitative estimate of drug-likeness (QED) is 0.801. The van der Waals surface area contributed by atoms with Gasteiger partial charge in [-0.1, -0.05) is 20.8 Å². The molecule has 0 aromatic carbocycles. The molecule has 2 rings (SSSR count). The third kappa shape index (κ3) is 2.40. The van der Waals surface area contributed by atoms with Crippen LogP contribution in [0.2, 0.25) is 0 Å². The highest BCUT2D eigenvalue weighted by atomic mass is 15.1. The molecule has 1 atom stereocenters. The fraction of sp³-hybridized carbons (Fsp3) is 0.750. The summed E-state index contributed by atoms with van der Waals surface area (Å²) < 4.78 is 2.32. The van der Waals surface area contributed by atoms with Crippen molar-refractivity contribution in [2.24, 2.45) is 5.92 Å². The molecule has 84 valence electrons. The minimum atomic E-state index is 0.197. The topological polar surface area (TPSA) is 29.9 Å². The summed E-state index contributed by atoms with van der Waals surface area (Å²) in [6, 6.07) is 0. The lowest BCUT2D eigenvalue weighted by Crippen LogP contribution is -2.21. The highest BCUT2D eigenvalue weighted by Crippen LogP contribution is 2.23. The van der Waals surface area contributed by atoms with Crippen molar-refractivity contribution in [1.82, 2.24) is 14.9 Å². The smallest absolute Gasteiger partial charge is 0.0948 e. The number of nitrogens with one attached hydrogen (secondary N) is 1. The molecule has 3 nitrogen and oxygen atoms in total. The van der Waals surface area contributed by atoms with Crippen LogP contribution in [-0.2, 0) is 12.0 Å². The second kappa shape index (κ2) is 3.97. The van der Waals surface area contributed by atoms with E-state index in [2.05, 4.69) is 35.6 Å². The minimum absolute atomic E-state index is 0.197. The van der Waals surface area contributed by atoms with Crippen molar-refractivity contribution in [1.29, 1.82) is 0 Å². The molecule has 1 aromatic heterocycles. The van der Waals surface area contributed by atoms with Gasteiger partial charge in [-0.05, 0) is 25.4 Å². The van der Waals surface area contributed by atoms with Gasteiger partial charge in [-0.2, -0.15) is 0 Å². The Labute approximate surface area is 91.9 Å². The van der Waals surface area contributed by atoms with Crippen molar-refractivity contribution < 1.29 is 0 Å². The van der Waals surface area contributed by atoms with E-state index in [1.165, 1.54) is 18.7 Å². The van der Waals surface area contributed by atoms with Gasteiger partial charge >= 0.3 is 0 Å². The molecule has 1 unspecified atom stereocenters. The standard InChI is InChI=1S/C12H21N3/c1-12(2,3)11-7-14-9-15(11)8-10-4-5-13-6-10/h7,9-10,13H,4-6,8H2,1-3H3. The van der Waals surface area contributed by atoms with Crippen LogP contribution in [-0.4, -0.2) is 22.6 Å². The summed E-state index contributed by atoms with van der Waals surface area (Å²) in [6.45, 7) is 10.2. The SMILES string of the molecule is CC(C)(C)c1cncn1CC1CCNC1. The highest BCUT2D eigenvalue weighted by Gasteiger charge is 2.21. The van der Waals surface area contributed by atoms with Crippen LogP contribution in [0.5, 0.6) is 0 Å². The maximum absolute atomic E-state index is 4.27. The number of nitrogens with zero attached hydrogens (tertiary/aromatic N) is 2. The van der Waals surface area contributed by atoms with E-state index in [1.54, 1.807) is 0 Å². The van der Waals surface area contributed by atoms with Crippen LogP contribution in [0.15, 0.2) is 12.5 Å². The Morgan fingerprint density at radius 2 is 2.33 bits per heavy atom. The van der Waals surface area contributed by atoms with Gasteiger partial charge in [-0.15, -0.1) is 0 Å². The van der Waals surface area contributed by atoms with Crippen LogP contribution in [0.25, 0.3) is 0 Å².